The first kappa shape index (κ1) is 81.7. The summed E-state index contributed by atoms with van der Waals surface area (Å²) < 4.78 is 74.5. The molecule has 2 atom stereocenters. The molecule has 11 heteroatoms. The van der Waals surface area contributed by atoms with Crippen LogP contribution in [-0.2, 0) is 29.2 Å². The summed E-state index contributed by atoms with van der Waals surface area (Å²) in [6.45, 7) is 9.01. The van der Waals surface area contributed by atoms with Crippen LogP contribution in [0.4, 0.5) is 0 Å². The van der Waals surface area contributed by atoms with Gasteiger partial charge in [0.05, 0.1) is 13.2 Å². The molecular weight excluding hydrogens is 1020 g/mol. The molecule has 0 rings (SSSR count). The van der Waals surface area contributed by atoms with E-state index in [9.17, 15) is 25.9 Å². The third-order valence-corrected chi connectivity index (χ3v) is 16.3. The van der Waals surface area contributed by atoms with Gasteiger partial charge in [-0.15, -0.1) is 0 Å². The Hall–Kier alpha value is 0.480. The predicted octanol–water partition coefficient (Wildman–Crippen LogP) is 22.0. The summed E-state index contributed by atoms with van der Waals surface area (Å²) in [5.74, 6) is 0.0358. The minimum atomic E-state index is -4.62. The molecular formula is C66H130CaO8S2. The SMILES string of the molecule is CCCCCCCCC/C=C/C(CCCCCCCCCCCCCCCCCCCC)COS(=O)(=O)[O-].CCCCCCCCC/C=C/C(CCCCCCCCCCCCCCCCCCCC)COS(=O)(=O)[O-].[Ca+2]. The Balaban J connectivity index is -0.00000140. The van der Waals surface area contributed by atoms with E-state index in [1.165, 1.54) is 308 Å². The molecule has 0 aliphatic carbocycles. The zero-order valence-corrected chi connectivity index (χ0v) is 55.7. The van der Waals surface area contributed by atoms with Crippen LogP contribution in [0.2, 0.25) is 0 Å². The van der Waals surface area contributed by atoms with E-state index in [-0.39, 0.29) is 62.8 Å². The van der Waals surface area contributed by atoms with Crippen LogP contribution in [0.25, 0.3) is 0 Å². The van der Waals surface area contributed by atoms with Gasteiger partial charge in [-0.05, 0) is 38.5 Å². The molecule has 0 spiro atoms. The Kier molecular flexibility index (Phi) is 71.4. The Morgan fingerprint density at radius 3 is 0.636 bits per heavy atom. The summed E-state index contributed by atoms with van der Waals surface area (Å²) in [5.41, 5.74) is 0. The molecule has 0 aromatic heterocycles. The molecule has 77 heavy (non-hydrogen) atoms. The van der Waals surface area contributed by atoms with Crippen LogP contribution in [0.3, 0.4) is 0 Å². The topological polar surface area (TPSA) is 133 Å². The van der Waals surface area contributed by atoms with E-state index < -0.39 is 20.8 Å². The van der Waals surface area contributed by atoms with Crippen LogP contribution in [0.5, 0.6) is 0 Å². The molecule has 0 aliphatic heterocycles. The second-order valence-corrected chi connectivity index (χ2v) is 25.3. The second kappa shape index (κ2) is 67.3. The normalized spacial score (nSPS) is 12.9. The van der Waals surface area contributed by atoms with E-state index in [4.69, 9.17) is 0 Å². The molecule has 0 bridgehead atoms. The minimum absolute atomic E-state index is 0. The predicted molar refractivity (Wildman–Crippen MR) is 334 cm³/mol. The quantitative estimate of drug-likeness (QED) is 0.0193. The van der Waals surface area contributed by atoms with Gasteiger partial charge in [-0.2, -0.15) is 0 Å². The summed E-state index contributed by atoms with van der Waals surface area (Å²) in [7, 11) is -9.23. The third kappa shape index (κ3) is 76.5. The maximum absolute atomic E-state index is 10.9. The average molecular weight is 1160 g/mol. The molecule has 2 unspecified atom stereocenters. The van der Waals surface area contributed by atoms with Crippen molar-refractivity contribution in [3.63, 3.8) is 0 Å². The van der Waals surface area contributed by atoms with Crippen molar-refractivity contribution in [1.29, 1.82) is 0 Å². The maximum Gasteiger partial charge on any atom is 2.00 e. The fraction of sp³-hybridized carbons (Fsp3) is 0.939. The van der Waals surface area contributed by atoms with E-state index in [0.717, 1.165) is 38.5 Å². The first-order valence-corrected chi connectivity index (χ1v) is 36.2. The summed E-state index contributed by atoms with van der Waals surface area (Å²) in [5, 5.41) is 0. The van der Waals surface area contributed by atoms with E-state index in [1.54, 1.807) is 0 Å². The molecule has 0 radical (unpaired) electrons. The van der Waals surface area contributed by atoms with Gasteiger partial charge in [0.2, 0.25) is 20.8 Å². The van der Waals surface area contributed by atoms with Gasteiger partial charge < -0.3 is 9.11 Å². The van der Waals surface area contributed by atoms with Crippen molar-refractivity contribution in [2.24, 2.45) is 11.8 Å². The van der Waals surface area contributed by atoms with Gasteiger partial charge in [0.1, 0.15) is 0 Å². The van der Waals surface area contributed by atoms with Crippen LogP contribution < -0.4 is 0 Å². The molecule has 0 fully saturated rings. The fourth-order valence-electron chi connectivity index (χ4n) is 10.4. The van der Waals surface area contributed by atoms with Crippen molar-refractivity contribution in [3.05, 3.63) is 24.3 Å². The van der Waals surface area contributed by atoms with Crippen LogP contribution in [-0.4, -0.2) is 76.9 Å². The first-order valence-electron chi connectivity index (χ1n) is 33.5. The molecule has 456 valence electrons. The van der Waals surface area contributed by atoms with Crippen molar-refractivity contribution in [3.8, 4) is 0 Å². The van der Waals surface area contributed by atoms with Gasteiger partial charge in [0, 0.05) is 11.8 Å². The van der Waals surface area contributed by atoms with Gasteiger partial charge in [0.15, 0.2) is 0 Å². The molecule has 0 saturated carbocycles. The molecule has 0 aromatic rings. The molecule has 0 amide bonds. The van der Waals surface area contributed by atoms with Crippen molar-refractivity contribution in [2.45, 2.75) is 374 Å². The smallest absolute Gasteiger partial charge is 0.726 e. The van der Waals surface area contributed by atoms with Crippen molar-refractivity contribution in [2.75, 3.05) is 13.2 Å². The molecule has 0 N–H and O–H groups in total. The van der Waals surface area contributed by atoms with Gasteiger partial charge >= 0.3 is 37.7 Å². The molecule has 0 saturated heterocycles. The Labute approximate surface area is 512 Å². The van der Waals surface area contributed by atoms with Crippen molar-refractivity contribution < 1.29 is 34.3 Å². The number of unbranched alkanes of at least 4 members (excludes halogenated alkanes) is 48. The second-order valence-electron chi connectivity index (χ2n) is 23.2. The molecule has 0 aromatic carbocycles. The largest absolute Gasteiger partial charge is 2.00 e. The van der Waals surface area contributed by atoms with E-state index in [0.29, 0.717) is 0 Å². The molecule has 0 aliphatic rings. The average Bonchev–Trinajstić information content (AvgIpc) is 3.39. The van der Waals surface area contributed by atoms with E-state index >= 15 is 0 Å². The zero-order valence-electron chi connectivity index (χ0n) is 51.9. The number of hydrogen-bond acceptors (Lipinski definition) is 8. The summed E-state index contributed by atoms with van der Waals surface area (Å²) in [4.78, 5) is 0. The molecule has 8 nitrogen and oxygen atoms in total. The zero-order chi connectivity index (χ0) is 56.0. The van der Waals surface area contributed by atoms with E-state index in [2.05, 4.69) is 60.4 Å². The first-order chi connectivity index (χ1) is 37.0. The summed E-state index contributed by atoms with van der Waals surface area (Å²) in [6, 6.07) is 0. The maximum atomic E-state index is 10.9. The third-order valence-electron chi connectivity index (χ3n) is 15.5. The van der Waals surface area contributed by atoms with Gasteiger partial charge in [-0.25, -0.2) is 16.8 Å². The van der Waals surface area contributed by atoms with Crippen molar-refractivity contribution in [1.82, 2.24) is 0 Å². The van der Waals surface area contributed by atoms with Crippen molar-refractivity contribution >= 4 is 58.5 Å². The number of hydrogen-bond donors (Lipinski definition) is 0. The van der Waals surface area contributed by atoms with Crippen LogP contribution >= 0.6 is 0 Å². The van der Waals surface area contributed by atoms with E-state index in [1.807, 2.05) is 0 Å². The summed E-state index contributed by atoms with van der Waals surface area (Å²) >= 11 is 0. The Bertz CT molecular complexity index is 1290. The van der Waals surface area contributed by atoms with Gasteiger partial charge in [-0.3, -0.25) is 8.37 Å². The number of rotatable bonds is 62. The Morgan fingerprint density at radius 1 is 0.286 bits per heavy atom. The van der Waals surface area contributed by atoms with Crippen LogP contribution in [0, 0.1) is 11.8 Å². The van der Waals surface area contributed by atoms with Gasteiger partial charge in [0.25, 0.3) is 0 Å². The Morgan fingerprint density at radius 2 is 0.455 bits per heavy atom. The van der Waals surface area contributed by atoms with Gasteiger partial charge in [-0.1, -0.05) is 360 Å². The minimum Gasteiger partial charge on any atom is -0.726 e. The molecule has 0 heterocycles. The van der Waals surface area contributed by atoms with Crippen LogP contribution in [0.1, 0.15) is 374 Å². The van der Waals surface area contributed by atoms with Crippen LogP contribution in [0.15, 0.2) is 24.3 Å². The monoisotopic (exact) mass is 1150 g/mol. The standard InChI is InChI=1S/2C33H66O4S.Ca/c2*1-3-5-7-9-11-13-14-15-16-17-18-19-20-21-23-25-27-29-31-33(32-37-38(34,35)36)30-28-26-24-22-12-10-8-6-4-2;/h2*28,30,33H,3-27,29,31-32H2,1-2H3,(H,34,35,36);/q;;+2/p-2/b2*30-28+;. The summed E-state index contributed by atoms with van der Waals surface area (Å²) in [6.07, 6.45) is 79.1. The fourth-order valence-corrected chi connectivity index (χ4v) is 11.1. The number of allylic oxidation sites excluding steroid dienone is 2.